The Morgan fingerprint density at radius 3 is 2.14 bits per heavy atom. The van der Waals surface area contributed by atoms with Gasteiger partial charge in [0, 0.05) is 12.2 Å². The van der Waals surface area contributed by atoms with Gasteiger partial charge in [0.05, 0.1) is 16.5 Å². The van der Waals surface area contributed by atoms with Gasteiger partial charge in [-0.3, -0.25) is 9.59 Å². The lowest BCUT2D eigenvalue weighted by Crippen LogP contribution is -2.26. The van der Waals surface area contributed by atoms with Gasteiger partial charge in [-0.15, -0.1) is 0 Å². The summed E-state index contributed by atoms with van der Waals surface area (Å²) in [5.74, 6) is -1.08. The minimum absolute atomic E-state index is 0.120. The van der Waals surface area contributed by atoms with Crippen molar-refractivity contribution >= 4 is 39.5 Å². The molecule has 0 spiro atoms. The Hall–Kier alpha value is -3.90. The summed E-state index contributed by atoms with van der Waals surface area (Å²) in [7, 11) is 0. The van der Waals surface area contributed by atoms with Gasteiger partial charge in [0.2, 0.25) is 5.78 Å². The number of fused-ring (bicyclic) bond motifs is 1. The number of ketones is 1. The molecule has 6 nitrogen and oxygen atoms in total. The number of hydrogen-bond donors (Lipinski definition) is 0. The van der Waals surface area contributed by atoms with Crippen molar-refractivity contribution in [2.45, 2.75) is 33.1 Å². The van der Waals surface area contributed by atoms with Gasteiger partial charge in [-0.1, -0.05) is 66.7 Å². The molecule has 0 aliphatic rings. The Morgan fingerprint density at radius 2 is 1.51 bits per heavy atom. The van der Waals surface area contributed by atoms with Crippen LogP contribution in [0.1, 0.15) is 34.1 Å². The van der Waals surface area contributed by atoms with E-state index >= 15 is 0 Å². The van der Waals surface area contributed by atoms with Gasteiger partial charge in [0.15, 0.2) is 6.10 Å². The Balaban J connectivity index is 1.68. The first-order valence-corrected chi connectivity index (χ1v) is 11.5. The third-order valence-electron chi connectivity index (χ3n) is 5.76. The van der Waals surface area contributed by atoms with E-state index in [0.717, 1.165) is 11.1 Å². The van der Waals surface area contributed by atoms with Crippen molar-refractivity contribution < 1.29 is 23.9 Å². The molecular formula is C28H24ClNO5. The van der Waals surface area contributed by atoms with Crippen LogP contribution in [-0.4, -0.2) is 27.7 Å². The molecule has 0 radical (unpaired) electrons. The molecule has 4 aromatic rings. The van der Waals surface area contributed by atoms with Gasteiger partial charge >= 0.3 is 5.97 Å². The van der Waals surface area contributed by atoms with Crippen molar-refractivity contribution in [3.63, 3.8) is 0 Å². The lowest BCUT2D eigenvalue weighted by atomic mass is 10.1. The van der Waals surface area contributed by atoms with E-state index in [0.29, 0.717) is 28.9 Å². The first-order chi connectivity index (χ1) is 16.9. The van der Waals surface area contributed by atoms with Crippen molar-refractivity contribution in [2.75, 3.05) is 0 Å². The maximum absolute atomic E-state index is 12.8. The number of Topliss-reactive ketones (excluding diaryl/α,β-unsaturated/α-hetero) is 1. The summed E-state index contributed by atoms with van der Waals surface area (Å²) in [5, 5.41) is -0.653. The van der Waals surface area contributed by atoms with Crippen LogP contribution in [0.15, 0.2) is 78.9 Å². The molecule has 4 rings (SSSR count). The van der Waals surface area contributed by atoms with Crippen LogP contribution in [-0.2, 0) is 27.5 Å². The standard InChI is InChI=1S/C28H24ClNO5/c1-18-24(26(31)27(29)32)25-22(30(18)16-20-10-5-3-6-11-20)14-9-15-23(25)35-19(2)28(33)34-17-21-12-7-4-8-13-21/h3-15,19H,16-17H2,1-2H3/t19-/m0/s1. The average Bonchev–Trinajstić information content (AvgIpc) is 3.15. The third kappa shape index (κ3) is 5.28. The van der Waals surface area contributed by atoms with E-state index in [1.807, 2.05) is 71.3 Å². The maximum Gasteiger partial charge on any atom is 0.347 e. The molecule has 0 fully saturated rings. The number of carbonyl (C=O) groups excluding carboxylic acids is 3. The number of aromatic nitrogens is 1. The molecule has 0 bridgehead atoms. The van der Waals surface area contributed by atoms with Crippen LogP contribution in [0.3, 0.4) is 0 Å². The second kappa shape index (κ2) is 10.6. The average molecular weight is 490 g/mol. The largest absolute Gasteiger partial charge is 0.478 e. The highest BCUT2D eigenvalue weighted by molar-refractivity contribution is 6.83. The molecule has 178 valence electrons. The molecule has 0 aliphatic heterocycles. The number of nitrogens with zero attached hydrogens (tertiary/aromatic N) is 1. The highest BCUT2D eigenvalue weighted by Crippen LogP contribution is 2.35. The number of hydrogen-bond acceptors (Lipinski definition) is 5. The molecule has 0 aliphatic carbocycles. The number of esters is 1. The Kier molecular flexibility index (Phi) is 7.32. The predicted molar refractivity (Wildman–Crippen MR) is 134 cm³/mol. The third-order valence-corrected chi connectivity index (χ3v) is 5.93. The molecule has 7 heteroatoms. The normalized spacial score (nSPS) is 11.7. The molecular weight excluding hydrogens is 466 g/mol. The first-order valence-electron chi connectivity index (χ1n) is 11.1. The molecule has 0 amide bonds. The van der Waals surface area contributed by atoms with Crippen molar-refractivity contribution in [3.8, 4) is 5.75 Å². The van der Waals surface area contributed by atoms with Crippen LogP contribution in [0.2, 0.25) is 0 Å². The zero-order chi connectivity index (χ0) is 24.9. The SMILES string of the molecule is Cc1c(C(=O)C(=O)Cl)c2c(O[C@@H](C)C(=O)OCc3ccccc3)cccc2n1Cc1ccccc1. The van der Waals surface area contributed by atoms with E-state index in [9.17, 15) is 14.4 Å². The second-order valence-corrected chi connectivity index (χ2v) is 8.48. The van der Waals surface area contributed by atoms with E-state index in [4.69, 9.17) is 21.1 Å². The molecule has 0 saturated carbocycles. The van der Waals surface area contributed by atoms with Crippen molar-refractivity contribution in [2.24, 2.45) is 0 Å². The fourth-order valence-electron chi connectivity index (χ4n) is 4.02. The van der Waals surface area contributed by atoms with E-state index in [-0.39, 0.29) is 12.2 Å². The molecule has 1 atom stereocenters. The quantitative estimate of drug-likeness (QED) is 0.135. The van der Waals surface area contributed by atoms with E-state index in [2.05, 4.69) is 0 Å². The Morgan fingerprint density at radius 1 is 0.886 bits per heavy atom. The highest BCUT2D eigenvalue weighted by atomic mass is 35.5. The molecule has 3 aromatic carbocycles. The fraction of sp³-hybridized carbons (Fsp3) is 0.179. The molecule has 0 saturated heterocycles. The number of benzene rings is 3. The smallest absolute Gasteiger partial charge is 0.347 e. The summed E-state index contributed by atoms with van der Waals surface area (Å²) in [5.41, 5.74) is 3.31. The summed E-state index contributed by atoms with van der Waals surface area (Å²) in [4.78, 5) is 37.3. The van der Waals surface area contributed by atoms with Gasteiger partial charge in [-0.25, -0.2) is 4.79 Å². The van der Waals surface area contributed by atoms with Crippen LogP contribution in [0.5, 0.6) is 5.75 Å². The summed E-state index contributed by atoms with van der Waals surface area (Å²) < 4.78 is 13.3. The lowest BCUT2D eigenvalue weighted by Gasteiger charge is -2.15. The Bertz CT molecular complexity index is 1380. The van der Waals surface area contributed by atoms with Crippen LogP contribution in [0, 0.1) is 6.92 Å². The summed E-state index contributed by atoms with van der Waals surface area (Å²) in [6, 6.07) is 24.3. The van der Waals surface area contributed by atoms with Crippen LogP contribution < -0.4 is 4.74 Å². The summed E-state index contributed by atoms with van der Waals surface area (Å²) >= 11 is 5.60. The summed E-state index contributed by atoms with van der Waals surface area (Å²) in [6.45, 7) is 3.94. The molecule has 0 N–H and O–H groups in total. The fourth-order valence-corrected chi connectivity index (χ4v) is 4.12. The lowest BCUT2D eigenvalue weighted by molar-refractivity contribution is -0.152. The number of halogens is 1. The van der Waals surface area contributed by atoms with Crippen molar-refractivity contribution in [3.05, 3.63) is 101 Å². The van der Waals surface area contributed by atoms with Crippen LogP contribution in [0.25, 0.3) is 10.9 Å². The summed E-state index contributed by atoms with van der Waals surface area (Å²) in [6.07, 6.45) is -0.947. The topological polar surface area (TPSA) is 74.6 Å². The second-order valence-electron chi connectivity index (χ2n) is 8.14. The zero-order valence-electron chi connectivity index (χ0n) is 19.4. The van der Waals surface area contributed by atoms with E-state index in [1.165, 1.54) is 0 Å². The van der Waals surface area contributed by atoms with Crippen LogP contribution >= 0.6 is 11.6 Å². The Labute approximate surface area is 208 Å². The molecule has 1 aromatic heterocycles. The first kappa shape index (κ1) is 24.2. The van der Waals surface area contributed by atoms with Crippen molar-refractivity contribution in [1.29, 1.82) is 0 Å². The number of rotatable bonds is 9. The van der Waals surface area contributed by atoms with Crippen LogP contribution in [0.4, 0.5) is 0 Å². The predicted octanol–water partition coefficient (Wildman–Crippen LogP) is 5.46. The number of carbonyl (C=O) groups is 3. The maximum atomic E-state index is 12.8. The van der Waals surface area contributed by atoms with Gasteiger partial charge in [-0.2, -0.15) is 0 Å². The van der Waals surface area contributed by atoms with Gasteiger partial charge in [0.25, 0.3) is 5.24 Å². The molecule has 0 unspecified atom stereocenters. The molecule has 35 heavy (non-hydrogen) atoms. The van der Waals surface area contributed by atoms with Crippen molar-refractivity contribution in [1.82, 2.24) is 4.57 Å². The monoisotopic (exact) mass is 489 g/mol. The highest BCUT2D eigenvalue weighted by Gasteiger charge is 2.28. The van der Waals surface area contributed by atoms with Gasteiger partial charge in [-0.05, 0) is 48.7 Å². The van der Waals surface area contributed by atoms with E-state index < -0.39 is 23.1 Å². The molecule has 1 heterocycles. The minimum atomic E-state index is -1.09. The van der Waals surface area contributed by atoms with Gasteiger partial charge in [0.1, 0.15) is 12.4 Å². The van der Waals surface area contributed by atoms with E-state index in [1.54, 1.807) is 26.0 Å². The number of ether oxygens (including phenoxy) is 2. The minimum Gasteiger partial charge on any atom is -0.478 e. The zero-order valence-corrected chi connectivity index (χ0v) is 20.1. The van der Waals surface area contributed by atoms with Gasteiger partial charge < -0.3 is 14.0 Å².